The molecule has 1 amide bonds. The van der Waals surface area contributed by atoms with Gasteiger partial charge in [0.15, 0.2) is 0 Å². The second-order valence-corrected chi connectivity index (χ2v) is 7.36. The highest BCUT2D eigenvalue weighted by molar-refractivity contribution is 6.31. The van der Waals surface area contributed by atoms with E-state index in [1.165, 1.54) is 0 Å². The Labute approximate surface area is 148 Å². The van der Waals surface area contributed by atoms with Crippen LogP contribution in [0.5, 0.6) is 0 Å². The minimum Gasteiger partial charge on any atom is -0.335 e. The van der Waals surface area contributed by atoms with Gasteiger partial charge in [0.05, 0.1) is 13.1 Å². The molecular weight excluding hydrogens is 322 g/mol. The molecule has 128 valence electrons. The highest BCUT2D eigenvalue weighted by atomic mass is 35.5. The van der Waals surface area contributed by atoms with Gasteiger partial charge >= 0.3 is 0 Å². The number of amides is 1. The molecule has 0 atom stereocenters. The first-order chi connectivity index (χ1) is 11.5. The van der Waals surface area contributed by atoms with Crippen molar-refractivity contribution in [2.75, 3.05) is 6.54 Å². The van der Waals surface area contributed by atoms with Gasteiger partial charge in [0.1, 0.15) is 5.82 Å². The molecule has 1 aliphatic rings. The molecule has 0 N–H and O–H groups in total. The number of nitrogens with zero attached hydrogens (tertiary/aromatic N) is 3. The average Bonchev–Trinajstić information content (AvgIpc) is 3.30. The summed E-state index contributed by atoms with van der Waals surface area (Å²) in [6.07, 6.45) is 5.80. The van der Waals surface area contributed by atoms with E-state index in [4.69, 9.17) is 11.6 Å². The molecule has 0 aliphatic heterocycles. The second kappa shape index (κ2) is 7.39. The minimum absolute atomic E-state index is 0.232. The lowest BCUT2D eigenvalue weighted by Crippen LogP contribution is -2.35. The van der Waals surface area contributed by atoms with Gasteiger partial charge in [0, 0.05) is 29.9 Å². The molecule has 1 fully saturated rings. The van der Waals surface area contributed by atoms with Crippen LogP contribution in [0.15, 0.2) is 36.7 Å². The first-order valence-corrected chi connectivity index (χ1v) is 8.94. The van der Waals surface area contributed by atoms with Crippen molar-refractivity contribution in [3.05, 3.63) is 53.1 Å². The lowest BCUT2D eigenvalue weighted by molar-refractivity contribution is -0.133. The van der Waals surface area contributed by atoms with Crippen LogP contribution in [-0.4, -0.2) is 26.9 Å². The molecule has 1 aromatic carbocycles. The number of hydrogen-bond donors (Lipinski definition) is 0. The van der Waals surface area contributed by atoms with Crippen molar-refractivity contribution in [2.45, 2.75) is 39.8 Å². The zero-order chi connectivity index (χ0) is 17.1. The van der Waals surface area contributed by atoms with Gasteiger partial charge in [0.25, 0.3) is 0 Å². The second-order valence-electron chi connectivity index (χ2n) is 6.95. The number of imidazole rings is 1. The van der Waals surface area contributed by atoms with Crippen molar-refractivity contribution in [1.82, 2.24) is 14.5 Å². The topological polar surface area (TPSA) is 38.1 Å². The molecule has 0 unspecified atom stereocenters. The maximum atomic E-state index is 12.6. The molecule has 0 radical (unpaired) electrons. The molecule has 24 heavy (non-hydrogen) atoms. The Bertz CT molecular complexity index is 706. The van der Waals surface area contributed by atoms with Crippen molar-refractivity contribution in [2.24, 2.45) is 11.8 Å². The van der Waals surface area contributed by atoms with Crippen molar-refractivity contribution in [3.8, 4) is 0 Å². The summed E-state index contributed by atoms with van der Waals surface area (Å²) in [5, 5.41) is 0.755. The van der Waals surface area contributed by atoms with E-state index in [9.17, 15) is 4.79 Å². The Balaban J connectivity index is 1.75. The van der Waals surface area contributed by atoms with E-state index >= 15 is 0 Å². The fourth-order valence-corrected chi connectivity index (χ4v) is 3.07. The SMILES string of the molecule is CC(C)CN(Cc1nccn1Cc1ccccc1Cl)C(=O)C1CC1. The third kappa shape index (κ3) is 4.18. The van der Waals surface area contributed by atoms with Crippen LogP contribution in [0.1, 0.15) is 38.1 Å². The predicted molar refractivity (Wildman–Crippen MR) is 95.8 cm³/mol. The van der Waals surface area contributed by atoms with Gasteiger partial charge in [-0.2, -0.15) is 0 Å². The van der Waals surface area contributed by atoms with Crippen LogP contribution in [0.25, 0.3) is 0 Å². The Morgan fingerprint density at radius 2 is 2.12 bits per heavy atom. The maximum Gasteiger partial charge on any atom is 0.226 e. The van der Waals surface area contributed by atoms with Crippen molar-refractivity contribution in [1.29, 1.82) is 0 Å². The Morgan fingerprint density at radius 3 is 2.79 bits per heavy atom. The molecule has 3 rings (SSSR count). The number of halogens is 1. The van der Waals surface area contributed by atoms with Crippen LogP contribution < -0.4 is 0 Å². The number of carbonyl (C=O) groups is 1. The molecule has 5 heteroatoms. The van der Waals surface area contributed by atoms with Gasteiger partial charge in [-0.05, 0) is 30.4 Å². The standard InChI is InChI=1S/C19H24ClN3O/c1-14(2)11-23(19(24)15-7-8-15)13-18-21-9-10-22(18)12-16-5-3-4-6-17(16)20/h3-6,9-10,14-15H,7-8,11-13H2,1-2H3. The van der Waals surface area contributed by atoms with E-state index in [1.807, 2.05) is 35.4 Å². The van der Waals surface area contributed by atoms with Gasteiger partial charge in [-0.25, -0.2) is 4.98 Å². The zero-order valence-electron chi connectivity index (χ0n) is 14.3. The summed E-state index contributed by atoms with van der Waals surface area (Å²) in [5.74, 6) is 1.86. The van der Waals surface area contributed by atoms with E-state index in [2.05, 4.69) is 23.4 Å². The third-order valence-electron chi connectivity index (χ3n) is 4.26. The Morgan fingerprint density at radius 1 is 1.38 bits per heavy atom. The molecule has 2 aromatic rings. The summed E-state index contributed by atoms with van der Waals surface area (Å²) in [6, 6.07) is 7.83. The van der Waals surface area contributed by atoms with E-state index in [0.29, 0.717) is 19.0 Å². The Hall–Kier alpha value is -1.81. The largest absolute Gasteiger partial charge is 0.335 e. The van der Waals surface area contributed by atoms with Crippen molar-refractivity contribution >= 4 is 17.5 Å². The van der Waals surface area contributed by atoms with Crippen LogP contribution in [0.3, 0.4) is 0 Å². The summed E-state index contributed by atoms with van der Waals surface area (Å²) in [4.78, 5) is 19.0. The number of benzene rings is 1. The fourth-order valence-electron chi connectivity index (χ4n) is 2.88. The molecule has 1 saturated carbocycles. The summed E-state index contributed by atoms with van der Waals surface area (Å²) < 4.78 is 2.08. The van der Waals surface area contributed by atoms with E-state index < -0.39 is 0 Å². The number of hydrogen-bond acceptors (Lipinski definition) is 2. The van der Waals surface area contributed by atoms with Crippen LogP contribution in [0.2, 0.25) is 5.02 Å². The quantitative estimate of drug-likeness (QED) is 0.761. The van der Waals surface area contributed by atoms with Crippen molar-refractivity contribution < 1.29 is 4.79 Å². The third-order valence-corrected chi connectivity index (χ3v) is 4.63. The maximum absolute atomic E-state index is 12.6. The van der Waals surface area contributed by atoms with Gasteiger partial charge in [-0.1, -0.05) is 43.6 Å². The molecular formula is C19H24ClN3O. The molecule has 1 aliphatic carbocycles. The molecule has 1 heterocycles. The average molecular weight is 346 g/mol. The summed E-state index contributed by atoms with van der Waals surface area (Å²) in [6.45, 7) is 6.29. The molecule has 0 bridgehead atoms. The smallest absolute Gasteiger partial charge is 0.226 e. The van der Waals surface area contributed by atoms with Crippen LogP contribution >= 0.6 is 11.6 Å². The first-order valence-electron chi connectivity index (χ1n) is 8.56. The highest BCUT2D eigenvalue weighted by Crippen LogP contribution is 2.31. The summed E-state index contributed by atoms with van der Waals surface area (Å²) in [5.41, 5.74) is 1.06. The predicted octanol–water partition coefficient (Wildman–Crippen LogP) is 3.98. The summed E-state index contributed by atoms with van der Waals surface area (Å²) in [7, 11) is 0. The van der Waals surface area contributed by atoms with Crippen LogP contribution in [-0.2, 0) is 17.9 Å². The highest BCUT2D eigenvalue weighted by Gasteiger charge is 2.34. The number of aromatic nitrogens is 2. The minimum atomic E-state index is 0.232. The molecule has 1 aromatic heterocycles. The van der Waals surface area contributed by atoms with E-state index in [1.54, 1.807) is 6.20 Å². The zero-order valence-corrected chi connectivity index (χ0v) is 15.0. The lowest BCUT2D eigenvalue weighted by Gasteiger charge is -2.25. The summed E-state index contributed by atoms with van der Waals surface area (Å²) >= 11 is 6.27. The Kier molecular flexibility index (Phi) is 5.24. The number of carbonyl (C=O) groups excluding carboxylic acids is 1. The monoisotopic (exact) mass is 345 g/mol. The van der Waals surface area contributed by atoms with E-state index in [-0.39, 0.29) is 11.8 Å². The van der Waals surface area contributed by atoms with Gasteiger partial charge < -0.3 is 9.47 Å². The first kappa shape index (κ1) is 17.0. The fraction of sp³-hybridized carbons (Fsp3) is 0.474. The molecule has 4 nitrogen and oxygen atoms in total. The lowest BCUT2D eigenvalue weighted by atomic mass is 10.2. The van der Waals surface area contributed by atoms with E-state index in [0.717, 1.165) is 35.8 Å². The van der Waals surface area contributed by atoms with Gasteiger partial charge in [0.2, 0.25) is 5.91 Å². The van der Waals surface area contributed by atoms with Crippen molar-refractivity contribution in [3.63, 3.8) is 0 Å². The molecule has 0 saturated heterocycles. The molecule has 0 spiro atoms. The van der Waals surface area contributed by atoms with Crippen LogP contribution in [0, 0.1) is 11.8 Å². The van der Waals surface area contributed by atoms with Gasteiger partial charge in [-0.3, -0.25) is 4.79 Å². The normalized spacial score (nSPS) is 14.2. The van der Waals surface area contributed by atoms with Gasteiger partial charge in [-0.15, -0.1) is 0 Å². The van der Waals surface area contributed by atoms with Crippen LogP contribution in [0.4, 0.5) is 0 Å². The number of rotatable bonds is 7.